The molecular formula is C17H12Cl2N2O4S. The van der Waals surface area contributed by atoms with Crippen LogP contribution in [0.15, 0.2) is 46.0 Å². The SMILES string of the molecule is Clc1ccc(OCc2nnc(SCc3ccc4c(c3)OCO4)o2)c(Cl)c1. The number of hydrogen-bond acceptors (Lipinski definition) is 7. The van der Waals surface area contributed by atoms with Crippen molar-refractivity contribution in [2.24, 2.45) is 0 Å². The fourth-order valence-electron chi connectivity index (χ4n) is 2.26. The van der Waals surface area contributed by atoms with E-state index in [1.54, 1.807) is 18.2 Å². The molecule has 0 N–H and O–H groups in total. The van der Waals surface area contributed by atoms with Crippen LogP contribution >= 0.6 is 35.0 Å². The minimum atomic E-state index is 0.124. The van der Waals surface area contributed by atoms with Crippen molar-refractivity contribution in [3.8, 4) is 17.2 Å². The first-order valence-corrected chi connectivity index (χ1v) is 9.33. The molecule has 134 valence electrons. The minimum absolute atomic E-state index is 0.124. The molecule has 0 fully saturated rings. The van der Waals surface area contributed by atoms with Gasteiger partial charge in [-0.25, -0.2) is 0 Å². The van der Waals surface area contributed by atoms with Crippen LogP contribution in [-0.2, 0) is 12.4 Å². The van der Waals surface area contributed by atoms with Crippen LogP contribution < -0.4 is 14.2 Å². The molecule has 0 saturated heterocycles. The molecule has 1 aliphatic heterocycles. The van der Waals surface area contributed by atoms with Gasteiger partial charge in [0.2, 0.25) is 6.79 Å². The number of hydrogen-bond donors (Lipinski definition) is 0. The van der Waals surface area contributed by atoms with Crippen LogP contribution in [-0.4, -0.2) is 17.0 Å². The number of aromatic nitrogens is 2. The molecule has 4 rings (SSSR count). The highest BCUT2D eigenvalue weighted by molar-refractivity contribution is 7.98. The Hall–Kier alpha value is -2.09. The van der Waals surface area contributed by atoms with Gasteiger partial charge in [0.1, 0.15) is 5.75 Å². The molecule has 0 spiro atoms. The van der Waals surface area contributed by atoms with Gasteiger partial charge in [0.25, 0.3) is 11.1 Å². The lowest BCUT2D eigenvalue weighted by Gasteiger charge is -2.05. The lowest BCUT2D eigenvalue weighted by atomic mass is 10.2. The van der Waals surface area contributed by atoms with Crippen LogP contribution in [0.1, 0.15) is 11.5 Å². The Kier molecular flexibility index (Phi) is 5.10. The Balaban J connectivity index is 1.33. The maximum Gasteiger partial charge on any atom is 0.277 e. The zero-order valence-corrected chi connectivity index (χ0v) is 15.6. The first-order chi connectivity index (χ1) is 12.7. The zero-order valence-electron chi connectivity index (χ0n) is 13.3. The van der Waals surface area contributed by atoms with Crippen molar-refractivity contribution in [3.63, 3.8) is 0 Å². The average Bonchev–Trinajstić information content (AvgIpc) is 3.28. The molecule has 9 heteroatoms. The van der Waals surface area contributed by atoms with E-state index in [0.29, 0.717) is 32.7 Å². The molecule has 3 aromatic rings. The fourth-order valence-corrected chi connectivity index (χ4v) is 3.45. The summed E-state index contributed by atoms with van der Waals surface area (Å²) in [7, 11) is 0. The molecule has 1 aromatic heterocycles. The largest absolute Gasteiger partial charge is 0.482 e. The minimum Gasteiger partial charge on any atom is -0.482 e. The Morgan fingerprint density at radius 3 is 2.81 bits per heavy atom. The van der Waals surface area contributed by atoms with E-state index in [-0.39, 0.29) is 13.4 Å². The number of benzene rings is 2. The monoisotopic (exact) mass is 410 g/mol. The van der Waals surface area contributed by atoms with Crippen LogP contribution in [0, 0.1) is 0 Å². The Morgan fingerprint density at radius 1 is 1.04 bits per heavy atom. The summed E-state index contributed by atoms with van der Waals surface area (Å²) in [4.78, 5) is 0. The van der Waals surface area contributed by atoms with E-state index in [9.17, 15) is 0 Å². The fraction of sp³-hybridized carbons (Fsp3) is 0.176. The number of halogens is 2. The van der Waals surface area contributed by atoms with Crippen LogP contribution in [0.4, 0.5) is 0 Å². The lowest BCUT2D eigenvalue weighted by molar-refractivity contribution is 0.174. The summed E-state index contributed by atoms with van der Waals surface area (Å²) in [5.41, 5.74) is 1.07. The quantitative estimate of drug-likeness (QED) is 0.530. The summed E-state index contributed by atoms with van der Waals surface area (Å²) < 4.78 is 21.8. The van der Waals surface area contributed by atoms with E-state index >= 15 is 0 Å². The zero-order chi connectivity index (χ0) is 17.9. The van der Waals surface area contributed by atoms with Gasteiger partial charge in [-0.05, 0) is 35.9 Å². The van der Waals surface area contributed by atoms with E-state index in [1.807, 2.05) is 18.2 Å². The molecule has 0 radical (unpaired) electrons. The molecular weight excluding hydrogens is 399 g/mol. The highest BCUT2D eigenvalue weighted by Gasteiger charge is 2.14. The van der Waals surface area contributed by atoms with E-state index in [2.05, 4.69) is 10.2 Å². The molecule has 0 aliphatic carbocycles. The molecule has 2 aromatic carbocycles. The summed E-state index contributed by atoms with van der Waals surface area (Å²) >= 11 is 13.3. The second-order valence-electron chi connectivity index (χ2n) is 5.30. The molecule has 26 heavy (non-hydrogen) atoms. The van der Waals surface area contributed by atoms with Crippen molar-refractivity contribution >= 4 is 35.0 Å². The molecule has 6 nitrogen and oxygen atoms in total. The van der Waals surface area contributed by atoms with Gasteiger partial charge in [0.05, 0.1) is 5.02 Å². The van der Waals surface area contributed by atoms with E-state index in [1.165, 1.54) is 11.8 Å². The summed E-state index contributed by atoms with van der Waals surface area (Å²) in [6, 6.07) is 10.8. The van der Waals surface area contributed by atoms with Crippen molar-refractivity contribution in [2.75, 3.05) is 6.79 Å². The van der Waals surface area contributed by atoms with Crippen molar-refractivity contribution in [3.05, 3.63) is 57.9 Å². The second-order valence-corrected chi connectivity index (χ2v) is 7.07. The number of thioether (sulfide) groups is 1. The summed E-state index contributed by atoms with van der Waals surface area (Å²) in [6.07, 6.45) is 0. The Bertz CT molecular complexity index is 935. The number of ether oxygens (including phenoxy) is 3. The van der Waals surface area contributed by atoms with Crippen LogP contribution in [0.3, 0.4) is 0 Å². The third-order valence-corrected chi connectivity index (χ3v) is 4.91. The standard InChI is InChI=1S/C17H12Cl2N2O4S/c18-11-2-4-13(12(19)6-11)22-7-16-20-21-17(25-16)26-8-10-1-3-14-15(5-10)24-9-23-14/h1-6H,7-9H2. The molecule has 0 bridgehead atoms. The van der Waals surface area contributed by atoms with E-state index < -0.39 is 0 Å². The summed E-state index contributed by atoms with van der Waals surface area (Å²) in [6.45, 7) is 0.384. The van der Waals surface area contributed by atoms with Gasteiger partial charge < -0.3 is 18.6 Å². The molecule has 0 amide bonds. The van der Waals surface area contributed by atoms with Gasteiger partial charge in [0, 0.05) is 10.8 Å². The van der Waals surface area contributed by atoms with Crippen LogP contribution in [0.2, 0.25) is 10.0 Å². The number of rotatable bonds is 6. The molecule has 2 heterocycles. The van der Waals surface area contributed by atoms with Crippen LogP contribution in [0.25, 0.3) is 0 Å². The normalized spacial score (nSPS) is 12.4. The predicted molar refractivity (Wildman–Crippen MR) is 97.2 cm³/mol. The third kappa shape index (κ3) is 4.00. The van der Waals surface area contributed by atoms with Gasteiger partial charge in [-0.2, -0.15) is 0 Å². The summed E-state index contributed by atoms with van der Waals surface area (Å²) in [5.74, 6) is 3.05. The summed E-state index contributed by atoms with van der Waals surface area (Å²) in [5, 5.41) is 9.41. The Labute approximate surface area is 163 Å². The van der Waals surface area contributed by atoms with E-state index in [0.717, 1.165) is 17.1 Å². The van der Waals surface area contributed by atoms with Crippen molar-refractivity contribution in [2.45, 2.75) is 17.6 Å². The predicted octanol–water partition coefficient (Wildman–Crippen LogP) is 4.98. The third-order valence-electron chi connectivity index (χ3n) is 3.49. The molecule has 0 atom stereocenters. The Morgan fingerprint density at radius 2 is 1.92 bits per heavy atom. The van der Waals surface area contributed by atoms with E-state index in [4.69, 9.17) is 41.8 Å². The van der Waals surface area contributed by atoms with Gasteiger partial charge in [-0.15, -0.1) is 10.2 Å². The number of nitrogens with zero attached hydrogens (tertiary/aromatic N) is 2. The maximum absolute atomic E-state index is 6.06. The smallest absolute Gasteiger partial charge is 0.277 e. The van der Waals surface area contributed by atoms with Gasteiger partial charge in [-0.1, -0.05) is 41.0 Å². The topological polar surface area (TPSA) is 66.6 Å². The first-order valence-electron chi connectivity index (χ1n) is 7.59. The van der Waals surface area contributed by atoms with Crippen molar-refractivity contribution in [1.29, 1.82) is 0 Å². The van der Waals surface area contributed by atoms with Gasteiger partial charge in [0.15, 0.2) is 18.1 Å². The van der Waals surface area contributed by atoms with Crippen molar-refractivity contribution < 1.29 is 18.6 Å². The van der Waals surface area contributed by atoms with Crippen molar-refractivity contribution in [1.82, 2.24) is 10.2 Å². The highest BCUT2D eigenvalue weighted by Crippen LogP contribution is 2.34. The highest BCUT2D eigenvalue weighted by atomic mass is 35.5. The average molecular weight is 411 g/mol. The maximum atomic E-state index is 6.06. The molecule has 0 saturated carbocycles. The second kappa shape index (κ2) is 7.65. The first kappa shape index (κ1) is 17.3. The van der Waals surface area contributed by atoms with Crippen LogP contribution in [0.5, 0.6) is 17.2 Å². The molecule has 0 unspecified atom stereocenters. The molecule has 1 aliphatic rings. The van der Waals surface area contributed by atoms with Gasteiger partial charge >= 0.3 is 0 Å². The lowest BCUT2D eigenvalue weighted by Crippen LogP contribution is -1.96. The number of fused-ring (bicyclic) bond motifs is 1. The van der Waals surface area contributed by atoms with Gasteiger partial charge in [-0.3, -0.25) is 0 Å².